The van der Waals surface area contributed by atoms with E-state index in [0.29, 0.717) is 18.0 Å². The van der Waals surface area contributed by atoms with Crippen LogP contribution in [0.25, 0.3) is 17.2 Å². The van der Waals surface area contributed by atoms with Crippen molar-refractivity contribution in [3.05, 3.63) is 72.1 Å². The van der Waals surface area contributed by atoms with Gasteiger partial charge in [-0.05, 0) is 17.7 Å². The average Bonchev–Trinajstić information content (AvgIpc) is 3.14. The second-order valence-electron chi connectivity index (χ2n) is 4.84. The van der Waals surface area contributed by atoms with Crippen LogP contribution in [-0.2, 0) is 6.42 Å². The van der Waals surface area contributed by atoms with Crippen molar-refractivity contribution >= 4 is 5.65 Å². The van der Waals surface area contributed by atoms with Crippen molar-refractivity contribution in [3.8, 4) is 11.6 Å². The Hall–Kier alpha value is -3.02. The quantitative estimate of drug-likeness (QED) is 0.582. The molecule has 22 heavy (non-hydrogen) atoms. The van der Waals surface area contributed by atoms with Gasteiger partial charge < -0.3 is 4.42 Å². The minimum atomic E-state index is -0.509. The lowest BCUT2D eigenvalue weighted by molar-refractivity contribution is 0.507. The van der Waals surface area contributed by atoms with E-state index in [0.717, 1.165) is 5.56 Å². The number of hydrogen-bond acceptors (Lipinski definition) is 4. The molecule has 0 saturated carbocycles. The molecule has 0 bridgehead atoms. The van der Waals surface area contributed by atoms with Gasteiger partial charge in [-0.2, -0.15) is 4.39 Å². The summed E-state index contributed by atoms with van der Waals surface area (Å²) < 4.78 is 21.2. The molecule has 0 unspecified atom stereocenters. The van der Waals surface area contributed by atoms with Crippen molar-refractivity contribution < 1.29 is 8.81 Å². The Kier molecular flexibility index (Phi) is 2.93. The highest BCUT2D eigenvalue weighted by Gasteiger charge is 2.19. The van der Waals surface area contributed by atoms with E-state index in [4.69, 9.17) is 4.42 Å². The van der Waals surface area contributed by atoms with Crippen LogP contribution in [0.2, 0.25) is 0 Å². The maximum Gasteiger partial charge on any atom is 0.271 e. The zero-order chi connectivity index (χ0) is 14.9. The number of nitrogens with zero attached hydrogens (tertiary/aromatic N) is 4. The predicted molar refractivity (Wildman–Crippen MR) is 77.7 cm³/mol. The van der Waals surface area contributed by atoms with Crippen LogP contribution < -0.4 is 0 Å². The van der Waals surface area contributed by atoms with Crippen LogP contribution in [0, 0.1) is 5.95 Å². The first-order chi connectivity index (χ1) is 10.8. The third-order valence-electron chi connectivity index (χ3n) is 3.34. The standard InChI is InChI=1S/C16H11FN4O/c17-15-14(18-12-8-4-5-9-21(12)15)16-20-19-13(22-16)10-11-6-2-1-3-7-11/h1-9H,10H2. The van der Waals surface area contributed by atoms with Crippen LogP contribution >= 0.6 is 0 Å². The van der Waals surface area contributed by atoms with Gasteiger partial charge in [0, 0.05) is 6.20 Å². The van der Waals surface area contributed by atoms with Crippen molar-refractivity contribution in [2.24, 2.45) is 0 Å². The van der Waals surface area contributed by atoms with Gasteiger partial charge in [-0.25, -0.2) is 4.98 Å². The third-order valence-corrected chi connectivity index (χ3v) is 3.34. The minimum Gasteiger partial charge on any atom is -0.419 e. The molecule has 4 aromatic rings. The molecule has 5 nitrogen and oxygen atoms in total. The summed E-state index contributed by atoms with van der Waals surface area (Å²) in [7, 11) is 0. The second kappa shape index (κ2) is 5.07. The predicted octanol–water partition coefficient (Wildman–Crippen LogP) is 3.11. The number of imidazole rings is 1. The molecule has 0 aliphatic carbocycles. The molecule has 3 aromatic heterocycles. The minimum absolute atomic E-state index is 0.0676. The molecular weight excluding hydrogens is 283 g/mol. The summed E-state index contributed by atoms with van der Waals surface area (Å²) in [5.74, 6) is 0.00954. The highest BCUT2D eigenvalue weighted by atomic mass is 19.1. The summed E-state index contributed by atoms with van der Waals surface area (Å²) in [6, 6.07) is 15.0. The molecule has 0 atom stereocenters. The van der Waals surface area contributed by atoms with Crippen molar-refractivity contribution in [1.29, 1.82) is 0 Å². The topological polar surface area (TPSA) is 56.2 Å². The maximum absolute atomic E-state index is 14.3. The Morgan fingerprint density at radius 2 is 1.82 bits per heavy atom. The molecule has 0 radical (unpaired) electrons. The Bertz CT molecular complexity index is 930. The lowest BCUT2D eigenvalue weighted by Crippen LogP contribution is -1.87. The van der Waals surface area contributed by atoms with Crippen LogP contribution in [0.1, 0.15) is 11.5 Å². The average molecular weight is 294 g/mol. The first-order valence-electron chi connectivity index (χ1n) is 6.80. The van der Waals surface area contributed by atoms with E-state index in [2.05, 4.69) is 15.2 Å². The van der Waals surface area contributed by atoms with Crippen LogP contribution in [0.15, 0.2) is 59.1 Å². The molecule has 0 amide bonds. The molecule has 6 heteroatoms. The highest BCUT2D eigenvalue weighted by molar-refractivity contribution is 5.54. The van der Waals surface area contributed by atoms with Gasteiger partial charge in [-0.1, -0.05) is 36.4 Å². The monoisotopic (exact) mass is 294 g/mol. The Morgan fingerprint density at radius 1 is 1.00 bits per heavy atom. The molecule has 0 fully saturated rings. The van der Waals surface area contributed by atoms with E-state index >= 15 is 0 Å². The van der Waals surface area contributed by atoms with E-state index in [-0.39, 0.29) is 11.6 Å². The fourth-order valence-electron chi connectivity index (χ4n) is 2.29. The zero-order valence-electron chi connectivity index (χ0n) is 11.5. The first kappa shape index (κ1) is 12.7. The van der Waals surface area contributed by atoms with E-state index in [9.17, 15) is 4.39 Å². The first-order valence-corrected chi connectivity index (χ1v) is 6.80. The summed E-state index contributed by atoms with van der Waals surface area (Å²) in [4.78, 5) is 4.19. The third kappa shape index (κ3) is 2.14. The smallest absolute Gasteiger partial charge is 0.271 e. The number of rotatable bonds is 3. The van der Waals surface area contributed by atoms with E-state index in [1.54, 1.807) is 24.4 Å². The number of halogens is 1. The number of aromatic nitrogens is 4. The zero-order valence-corrected chi connectivity index (χ0v) is 11.5. The van der Waals surface area contributed by atoms with Crippen LogP contribution in [0.3, 0.4) is 0 Å². The fraction of sp³-hybridized carbons (Fsp3) is 0.0625. The van der Waals surface area contributed by atoms with Gasteiger partial charge >= 0.3 is 0 Å². The van der Waals surface area contributed by atoms with Crippen LogP contribution in [0.4, 0.5) is 4.39 Å². The molecular formula is C16H11FN4O. The van der Waals surface area contributed by atoms with Crippen LogP contribution in [-0.4, -0.2) is 19.6 Å². The molecule has 0 spiro atoms. The lowest BCUT2D eigenvalue weighted by atomic mass is 10.2. The van der Waals surface area contributed by atoms with Crippen molar-refractivity contribution in [2.75, 3.05) is 0 Å². The Labute approximate surface area is 125 Å². The van der Waals surface area contributed by atoms with E-state index in [1.807, 2.05) is 30.3 Å². The van der Waals surface area contributed by atoms with Gasteiger partial charge in [0.25, 0.3) is 5.89 Å². The number of hydrogen-bond donors (Lipinski definition) is 0. The molecule has 3 heterocycles. The molecule has 108 valence electrons. The van der Waals surface area contributed by atoms with Gasteiger partial charge in [0.05, 0.1) is 6.42 Å². The van der Waals surface area contributed by atoms with E-state index in [1.165, 1.54) is 4.40 Å². The van der Waals surface area contributed by atoms with Gasteiger partial charge in [0.1, 0.15) is 5.65 Å². The molecule has 0 saturated heterocycles. The maximum atomic E-state index is 14.3. The molecule has 0 aliphatic heterocycles. The second-order valence-corrected chi connectivity index (χ2v) is 4.84. The van der Waals surface area contributed by atoms with Crippen LogP contribution in [0.5, 0.6) is 0 Å². The van der Waals surface area contributed by atoms with Gasteiger partial charge in [0.2, 0.25) is 11.8 Å². The lowest BCUT2D eigenvalue weighted by Gasteiger charge is -1.94. The van der Waals surface area contributed by atoms with Gasteiger partial charge in [0.15, 0.2) is 5.69 Å². The van der Waals surface area contributed by atoms with Crippen molar-refractivity contribution in [1.82, 2.24) is 19.6 Å². The Balaban J connectivity index is 1.69. The molecule has 4 rings (SSSR count). The summed E-state index contributed by atoms with van der Waals surface area (Å²) in [5, 5.41) is 7.87. The number of pyridine rings is 1. The summed E-state index contributed by atoms with van der Waals surface area (Å²) >= 11 is 0. The van der Waals surface area contributed by atoms with E-state index < -0.39 is 5.95 Å². The number of fused-ring (bicyclic) bond motifs is 1. The highest BCUT2D eigenvalue weighted by Crippen LogP contribution is 2.22. The number of benzene rings is 1. The molecule has 1 aromatic carbocycles. The van der Waals surface area contributed by atoms with Crippen molar-refractivity contribution in [3.63, 3.8) is 0 Å². The van der Waals surface area contributed by atoms with Gasteiger partial charge in [-0.15, -0.1) is 10.2 Å². The Morgan fingerprint density at radius 3 is 2.64 bits per heavy atom. The summed E-state index contributed by atoms with van der Waals surface area (Å²) in [5.41, 5.74) is 1.61. The molecule has 0 aliphatic rings. The molecule has 0 N–H and O–H groups in total. The summed E-state index contributed by atoms with van der Waals surface area (Å²) in [6.45, 7) is 0. The van der Waals surface area contributed by atoms with Crippen molar-refractivity contribution in [2.45, 2.75) is 6.42 Å². The summed E-state index contributed by atoms with van der Waals surface area (Å²) in [6.07, 6.45) is 2.10. The normalized spacial score (nSPS) is 11.1. The SMILES string of the molecule is Fc1c(-c2nnc(Cc3ccccc3)o2)nc2ccccn12. The largest absolute Gasteiger partial charge is 0.419 e. The van der Waals surface area contributed by atoms with Gasteiger partial charge in [-0.3, -0.25) is 4.40 Å². The fourth-order valence-corrected chi connectivity index (χ4v) is 2.29.